The van der Waals surface area contributed by atoms with E-state index in [2.05, 4.69) is 36.5 Å². The van der Waals surface area contributed by atoms with Gasteiger partial charge < -0.3 is 10.2 Å². The topological polar surface area (TPSA) is 32.3 Å². The highest BCUT2D eigenvalue weighted by atomic mass is 16.2. The third kappa shape index (κ3) is 4.27. The predicted octanol–water partition coefficient (Wildman–Crippen LogP) is 3.06. The number of nitrogens with zero attached hydrogens (tertiary/aromatic N) is 1. The number of anilines is 1. The van der Waals surface area contributed by atoms with Crippen LogP contribution in [-0.4, -0.2) is 30.4 Å². The van der Waals surface area contributed by atoms with Gasteiger partial charge in [0.1, 0.15) is 0 Å². The van der Waals surface area contributed by atoms with Gasteiger partial charge in [-0.05, 0) is 43.4 Å². The largest absolute Gasteiger partial charge is 0.376 e. The van der Waals surface area contributed by atoms with E-state index in [4.69, 9.17) is 0 Å². The maximum Gasteiger partial charge on any atom is 0.241 e. The van der Waals surface area contributed by atoms with Gasteiger partial charge in [0.25, 0.3) is 0 Å². The van der Waals surface area contributed by atoms with Crippen LogP contribution in [0.4, 0.5) is 5.69 Å². The SMILES string of the molecule is CCCCc1ccc(NCC(=O)N2CCCC2)cc1. The Morgan fingerprint density at radius 1 is 1.21 bits per heavy atom. The van der Waals surface area contributed by atoms with Gasteiger partial charge in [0.05, 0.1) is 6.54 Å². The van der Waals surface area contributed by atoms with Gasteiger partial charge in [-0.1, -0.05) is 25.5 Å². The molecule has 1 N–H and O–H groups in total. The zero-order valence-electron chi connectivity index (χ0n) is 11.8. The van der Waals surface area contributed by atoms with E-state index in [9.17, 15) is 4.79 Å². The molecule has 1 fully saturated rings. The van der Waals surface area contributed by atoms with Gasteiger partial charge in [0.15, 0.2) is 0 Å². The minimum Gasteiger partial charge on any atom is -0.376 e. The number of benzene rings is 1. The molecule has 0 aliphatic carbocycles. The summed E-state index contributed by atoms with van der Waals surface area (Å²) in [5.41, 5.74) is 2.41. The minimum absolute atomic E-state index is 0.215. The maximum absolute atomic E-state index is 11.9. The van der Waals surface area contributed by atoms with Crippen LogP contribution in [0.15, 0.2) is 24.3 Å². The first kappa shape index (κ1) is 13.9. The van der Waals surface area contributed by atoms with E-state index in [1.165, 1.54) is 18.4 Å². The Labute approximate surface area is 116 Å². The Morgan fingerprint density at radius 2 is 1.89 bits per heavy atom. The number of nitrogens with one attached hydrogen (secondary N) is 1. The Morgan fingerprint density at radius 3 is 2.53 bits per heavy atom. The lowest BCUT2D eigenvalue weighted by atomic mass is 10.1. The second-order valence-electron chi connectivity index (χ2n) is 5.24. The van der Waals surface area contributed by atoms with Gasteiger partial charge in [0.2, 0.25) is 5.91 Å². The van der Waals surface area contributed by atoms with Crippen molar-refractivity contribution in [2.45, 2.75) is 39.0 Å². The summed E-state index contributed by atoms with van der Waals surface area (Å²) >= 11 is 0. The number of likely N-dealkylation sites (tertiary alicyclic amines) is 1. The van der Waals surface area contributed by atoms with Crippen molar-refractivity contribution in [1.29, 1.82) is 0 Å². The summed E-state index contributed by atoms with van der Waals surface area (Å²) in [4.78, 5) is 13.8. The Balaban J connectivity index is 1.77. The third-order valence-corrected chi connectivity index (χ3v) is 3.68. The van der Waals surface area contributed by atoms with Crippen LogP contribution in [0.1, 0.15) is 38.2 Å². The van der Waals surface area contributed by atoms with E-state index in [1.807, 2.05) is 4.90 Å². The first-order chi connectivity index (χ1) is 9.29. The summed E-state index contributed by atoms with van der Waals surface area (Å²) < 4.78 is 0. The summed E-state index contributed by atoms with van der Waals surface area (Å²) in [6.45, 7) is 4.47. The third-order valence-electron chi connectivity index (χ3n) is 3.68. The van der Waals surface area contributed by atoms with E-state index in [-0.39, 0.29) is 5.91 Å². The summed E-state index contributed by atoms with van der Waals surface area (Å²) in [6, 6.07) is 8.45. The Bertz CT molecular complexity index is 394. The lowest BCUT2D eigenvalue weighted by Gasteiger charge is -2.16. The van der Waals surface area contributed by atoms with E-state index in [0.717, 1.165) is 38.0 Å². The van der Waals surface area contributed by atoms with Crippen LogP contribution < -0.4 is 5.32 Å². The molecule has 1 amide bonds. The van der Waals surface area contributed by atoms with E-state index in [1.54, 1.807) is 0 Å². The molecule has 1 aliphatic heterocycles. The molecule has 1 aromatic rings. The number of unbranched alkanes of at least 4 members (excludes halogenated alkanes) is 1. The van der Waals surface area contributed by atoms with E-state index < -0.39 is 0 Å². The molecule has 0 unspecified atom stereocenters. The quantitative estimate of drug-likeness (QED) is 0.852. The molecular formula is C16H24N2O. The number of aryl methyl sites for hydroxylation is 1. The first-order valence-corrected chi connectivity index (χ1v) is 7.40. The number of hydrogen-bond acceptors (Lipinski definition) is 2. The molecule has 1 saturated heterocycles. The number of hydrogen-bond donors (Lipinski definition) is 1. The number of carbonyl (C=O) groups is 1. The van der Waals surface area contributed by atoms with E-state index >= 15 is 0 Å². The fourth-order valence-electron chi connectivity index (χ4n) is 2.43. The molecule has 0 atom stereocenters. The molecule has 1 aromatic carbocycles. The predicted molar refractivity (Wildman–Crippen MR) is 79.4 cm³/mol. The van der Waals surface area contributed by atoms with Crippen molar-refractivity contribution in [2.24, 2.45) is 0 Å². The van der Waals surface area contributed by atoms with Gasteiger partial charge in [-0.25, -0.2) is 0 Å². The maximum atomic E-state index is 11.9. The van der Waals surface area contributed by atoms with E-state index in [0.29, 0.717) is 6.54 Å². The molecule has 1 aliphatic rings. The highest BCUT2D eigenvalue weighted by molar-refractivity contribution is 5.81. The molecule has 0 saturated carbocycles. The lowest BCUT2D eigenvalue weighted by Crippen LogP contribution is -2.32. The van der Waals surface area contributed by atoms with Gasteiger partial charge in [-0.2, -0.15) is 0 Å². The van der Waals surface area contributed by atoms with Crippen LogP contribution in [0.25, 0.3) is 0 Å². The van der Waals surface area contributed by atoms with Crippen LogP contribution in [0, 0.1) is 0 Å². The molecule has 3 nitrogen and oxygen atoms in total. The smallest absolute Gasteiger partial charge is 0.241 e. The molecular weight excluding hydrogens is 236 g/mol. The first-order valence-electron chi connectivity index (χ1n) is 7.40. The Kier molecular flexibility index (Phi) is 5.25. The standard InChI is InChI=1S/C16H24N2O/c1-2-3-6-14-7-9-15(10-8-14)17-13-16(19)18-11-4-5-12-18/h7-10,17H,2-6,11-13H2,1H3. The summed E-state index contributed by atoms with van der Waals surface area (Å²) in [7, 11) is 0. The summed E-state index contributed by atoms with van der Waals surface area (Å²) in [5.74, 6) is 0.215. The number of rotatable bonds is 6. The van der Waals surface area contributed by atoms with Crippen LogP contribution in [0.2, 0.25) is 0 Å². The molecule has 19 heavy (non-hydrogen) atoms. The molecule has 3 heteroatoms. The summed E-state index contributed by atoms with van der Waals surface area (Å²) in [6.07, 6.45) is 5.91. The van der Waals surface area contributed by atoms with Crippen LogP contribution in [-0.2, 0) is 11.2 Å². The Hall–Kier alpha value is -1.51. The normalized spacial score (nSPS) is 14.7. The van der Waals surface area contributed by atoms with Crippen molar-refractivity contribution in [1.82, 2.24) is 4.90 Å². The van der Waals surface area contributed by atoms with Crippen molar-refractivity contribution in [3.8, 4) is 0 Å². The molecule has 1 heterocycles. The average Bonchev–Trinajstić information content (AvgIpc) is 2.98. The van der Waals surface area contributed by atoms with Gasteiger partial charge in [-0.3, -0.25) is 4.79 Å². The molecule has 104 valence electrons. The molecule has 0 bridgehead atoms. The zero-order chi connectivity index (χ0) is 13.5. The van der Waals surface area contributed by atoms with Crippen LogP contribution in [0.3, 0.4) is 0 Å². The molecule has 0 aromatic heterocycles. The molecule has 0 radical (unpaired) electrons. The van der Waals surface area contributed by atoms with Crippen molar-refractivity contribution >= 4 is 11.6 Å². The van der Waals surface area contributed by atoms with Gasteiger partial charge in [-0.15, -0.1) is 0 Å². The lowest BCUT2D eigenvalue weighted by molar-refractivity contribution is -0.128. The van der Waals surface area contributed by atoms with Crippen LogP contribution in [0.5, 0.6) is 0 Å². The van der Waals surface area contributed by atoms with Crippen molar-refractivity contribution in [3.63, 3.8) is 0 Å². The minimum atomic E-state index is 0.215. The van der Waals surface area contributed by atoms with Crippen molar-refractivity contribution in [2.75, 3.05) is 25.0 Å². The highest BCUT2D eigenvalue weighted by Crippen LogP contribution is 2.12. The summed E-state index contributed by atoms with van der Waals surface area (Å²) in [5, 5.41) is 3.21. The van der Waals surface area contributed by atoms with Crippen molar-refractivity contribution < 1.29 is 4.79 Å². The number of amides is 1. The molecule has 0 spiro atoms. The highest BCUT2D eigenvalue weighted by Gasteiger charge is 2.16. The van der Waals surface area contributed by atoms with Crippen LogP contribution >= 0.6 is 0 Å². The average molecular weight is 260 g/mol. The fraction of sp³-hybridized carbons (Fsp3) is 0.562. The second kappa shape index (κ2) is 7.17. The zero-order valence-corrected chi connectivity index (χ0v) is 11.8. The van der Waals surface area contributed by atoms with Gasteiger partial charge >= 0.3 is 0 Å². The van der Waals surface area contributed by atoms with Crippen molar-refractivity contribution in [3.05, 3.63) is 29.8 Å². The number of carbonyl (C=O) groups excluding carboxylic acids is 1. The molecule has 2 rings (SSSR count). The van der Waals surface area contributed by atoms with Gasteiger partial charge in [0, 0.05) is 18.8 Å². The fourth-order valence-corrected chi connectivity index (χ4v) is 2.43. The monoisotopic (exact) mass is 260 g/mol. The second-order valence-corrected chi connectivity index (χ2v) is 5.24.